The van der Waals surface area contributed by atoms with E-state index < -0.39 is 11.2 Å². The second kappa shape index (κ2) is 7.14. The molecule has 0 fully saturated rings. The molecular formula is C17H17N9O3. The molecule has 0 saturated heterocycles. The molecule has 0 aliphatic carbocycles. The van der Waals surface area contributed by atoms with E-state index in [0.717, 1.165) is 10.3 Å². The van der Waals surface area contributed by atoms with Crippen molar-refractivity contribution >= 4 is 17.1 Å². The molecule has 0 radical (unpaired) electrons. The topological polar surface area (TPSA) is 135 Å². The van der Waals surface area contributed by atoms with Crippen molar-refractivity contribution < 1.29 is 4.79 Å². The molecule has 4 aromatic rings. The highest BCUT2D eigenvalue weighted by Gasteiger charge is 2.16. The van der Waals surface area contributed by atoms with Gasteiger partial charge >= 0.3 is 5.69 Å². The lowest BCUT2D eigenvalue weighted by Gasteiger charge is -2.07. The maximum atomic E-state index is 12.4. The van der Waals surface area contributed by atoms with Crippen molar-refractivity contribution in [3.05, 3.63) is 63.6 Å². The van der Waals surface area contributed by atoms with Gasteiger partial charge in [-0.2, -0.15) is 0 Å². The number of rotatable bonds is 5. The van der Waals surface area contributed by atoms with Crippen LogP contribution < -0.4 is 16.6 Å². The molecule has 1 amide bonds. The van der Waals surface area contributed by atoms with Gasteiger partial charge in [0.25, 0.3) is 5.56 Å². The Morgan fingerprint density at radius 1 is 1.21 bits per heavy atom. The zero-order chi connectivity index (χ0) is 20.5. The highest BCUT2D eigenvalue weighted by molar-refractivity contribution is 5.78. The fourth-order valence-corrected chi connectivity index (χ4v) is 2.91. The minimum Gasteiger partial charge on any atom is -0.349 e. The molecule has 4 rings (SSSR count). The monoisotopic (exact) mass is 395 g/mol. The van der Waals surface area contributed by atoms with Crippen LogP contribution in [0.1, 0.15) is 5.69 Å². The average molecular weight is 395 g/mol. The maximum Gasteiger partial charge on any atom is 0.332 e. The predicted molar refractivity (Wildman–Crippen MR) is 101 cm³/mol. The fraction of sp³-hybridized carbons (Fsp3) is 0.235. The number of amides is 1. The van der Waals surface area contributed by atoms with Gasteiger partial charge in [-0.15, -0.1) is 5.10 Å². The molecular weight excluding hydrogens is 378 g/mol. The van der Waals surface area contributed by atoms with E-state index in [2.05, 4.69) is 25.6 Å². The highest BCUT2D eigenvalue weighted by Crippen LogP contribution is 2.06. The first-order valence-electron chi connectivity index (χ1n) is 8.65. The summed E-state index contributed by atoms with van der Waals surface area (Å²) >= 11 is 0. The first-order chi connectivity index (χ1) is 14.0. The number of pyridine rings is 1. The van der Waals surface area contributed by atoms with Crippen molar-refractivity contribution in [1.29, 1.82) is 0 Å². The molecule has 0 aliphatic rings. The lowest BCUT2D eigenvalue weighted by Crippen LogP contribution is -2.38. The molecule has 0 saturated carbocycles. The summed E-state index contributed by atoms with van der Waals surface area (Å²) in [6.45, 7) is 0.0446. The predicted octanol–water partition coefficient (Wildman–Crippen LogP) is -1.27. The third-order valence-electron chi connectivity index (χ3n) is 4.45. The molecule has 12 nitrogen and oxygen atoms in total. The van der Waals surface area contributed by atoms with Crippen LogP contribution in [0, 0.1) is 0 Å². The Bertz CT molecular complexity index is 1310. The Kier molecular flexibility index (Phi) is 4.50. The number of hydrogen-bond acceptors (Lipinski definition) is 7. The quantitative estimate of drug-likeness (QED) is 0.445. The Labute approximate surface area is 163 Å². The molecule has 1 N–H and O–H groups in total. The SMILES string of the molecule is Cn1c(=O)c2c(ncn2CC(=O)NCc2cn(-c3cccnc3)nn2)n(C)c1=O. The Hall–Kier alpha value is -4.09. The van der Waals surface area contributed by atoms with Gasteiger partial charge in [0.15, 0.2) is 11.2 Å². The summed E-state index contributed by atoms with van der Waals surface area (Å²) < 4.78 is 5.22. The van der Waals surface area contributed by atoms with Crippen LogP contribution in [0.3, 0.4) is 0 Å². The van der Waals surface area contributed by atoms with E-state index in [1.165, 1.54) is 29.6 Å². The lowest BCUT2D eigenvalue weighted by atomic mass is 10.4. The first-order valence-corrected chi connectivity index (χ1v) is 8.65. The molecule has 29 heavy (non-hydrogen) atoms. The van der Waals surface area contributed by atoms with Gasteiger partial charge < -0.3 is 9.88 Å². The second-order valence-corrected chi connectivity index (χ2v) is 6.39. The van der Waals surface area contributed by atoms with E-state index in [0.29, 0.717) is 5.69 Å². The van der Waals surface area contributed by atoms with Gasteiger partial charge in [-0.3, -0.25) is 23.7 Å². The van der Waals surface area contributed by atoms with Crippen molar-refractivity contribution in [2.24, 2.45) is 14.1 Å². The summed E-state index contributed by atoms with van der Waals surface area (Å²) in [5, 5.41) is 10.8. The van der Waals surface area contributed by atoms with Gasteiger partial charge in [-0.1, -0.05) is 5.21 Å². The smallest absolute Gasteiger partial charge is 0.332 e. The van der Waals surface area contributed by atoms with Gasteiger partial charge in [-0.25, -0.2) is 14.5 Å². The number of carbonyl (C=O) groups is 1. The molecule has 12 heteroatoms. The zero-order valence-corrected chi connectivity index (χ0v) is 15.7. The van der Waals surface area contributed by atoms with E-state index in [4.69, 9.17) is 0 Å². The molecule has 0 bridgehead atoms. The first kappa shape index (κ1) is 18.3. The number of fused-ring (bicyclic) bond motifs is 1. The van der Waals surface area contributed by atoms with Crippen LogP contribution in [0.5, 0.6) is 0 Å². The van der Waals surface area contributed by atoms with Crippen molar-refractivity contribution in [1.82, 2.24) is 44.0 Å². The third-order valence-corrected chi connectivity index (χ3v) is 4.45. The maximum absolute atomic E-state index is 12.4. The molecule has 4 heterocycles. The van der Waals surface area contributed by atoms with Crippen molar-refractivity contribution in [3.63, 3.8) is 0 Å². The highest BCUT2D eigenvalue weighted by atomic mass is 16.2. The van der Waals surface area contributed by atoms with Gasteiger partial charge in [0.05, 0.1) is 31.0 Å². The van der Waals surface area contributed by atoms with E-state index in [1.54, 1.807) is 29.3 Å². The molecule has 0 aromatic carbocycles. The van der Waals surface area contributed by atoms with E-state index >= 15 is 0 Å². The number of aryl methyl sites for hydroxylation is 1. The lowest BCUT2D eigenvalue weighted by molar-refractivity contribution is -0.121. The van der Waals surface area contributed by atoms with Crippen molar-refractivity contribution in [2.75, 3.05) is 0 Å². The molecule has 0 unspecified atom stereocenters. The van der Waals surface area contributed by atoms with Gasteiger partial charge in [-0.05, 0) is 12.1 Å². The summed E-state index contributed by atoms with van der Waals surface area (Å²) in [7, 11) is 2.90. The Morgan fingerprint density at radius 3 is 2.79 bits per heavy atom. The second-order valence-electron chi connectivity index (χ2n) is 6.39. The van der Waals surface area contributed by atoms with Crippen LogP contribution in [0.2, 0.25) is 0 Å². The molecule has 4 aromatic heterocycles. The van der Waals surface area contributed by atoms with Crippen molar-refractivity contribution in [3.8, 4) is 5.69 Å². The van der Waals surface area contributed by atoms with Crippen LogP contribution >= 0.6 is 0 Å². The number of carbonyl (C=O) groups excluding carboxylic acids is 1. The zero-order valence-electron chi connectivity index (χ0n) is 15.7. The Morgan fingerprint density at radius 2 is 2.03 bits per heavy atom. The van der Waals surface area contributed by atoms with Crippen LogP contribution in [0.15, 0.2) is 46.6 Å². The normalized spacial score (nSPS) is 11.1. The number of hydrogen-bond donors (Lipinski definition) is 1. The summed E-state index contributed by atoms with van der Waals surface area (Å²) in [6, 6.07) is 3.62. The van der Waals surface area contributed by atoms with Gasteiger partial charge in [0, 0.05) is 20.3 Å². The summed E-state index contributed by atoms with van der Waals surface area (Å²) in [4.78, 5) is 44.9. The summed E-state index contributed by atoms with van der Waals surface area (Å²) in [6.07, 6.45) is 6.36. The van der Waals surface area contributed by atoms with Crippen LogP contribution in [0.4, 0.5) is 0 Å². The molecule has 0 atom stereocenters. The van der Waals surface area contributed by atoms with Gasteiger partial charge in [0.2, 0.25) is 5.91 Å². The van der Waals surface area contributed by atoms with Crippen LogP contribution in [-0.4, -0.2) is 44.6 Å². The van der Waals surface area contributed by atoms with Crippen LogP contribution in [-0.2, 0) is 32.0 Å². The van der Waals surface area contributed by atoms with E-state index in [1.807, 2.05) is 6.07 Å². The summed E-state index contributed by atoms with van der Waals surface area (Å²) in [5.74, 6) is -0.337. The number of aromatic nitrogens is 8. The largest absolute Gasteiger partial charge is 0.349 e. The Balaban J connectivity index is 1.48. The number of nitrogens with zero attached hydrogens (tertiary/aromatic N) is 8. The third kappa shape index (κ3) is 3.31. The average Bonchev–Trinajstić information content (AvgIpc) is 3.37. The van der Waals surface area contributed by atoms with Gasteiger partial charge in [0.1, 0.15) is 12.2 Å². The van der Waals surface area contributed by atoms with Crippen molar-refractivity contribution in [2.45, 2.75) is 13.1 Å². The number of imidazole rings is 1. The summed E-state index contributed by atoms with van der Waals surface area (Å²) in [5.41, 5.74) is 0.749. The number of nitrogens with one attached hydrogen (secondary N) is 1. The van der Waals surface area contributed by atoms with Crippen LogP contribution in [0.25, 0.3) is 16.9 Å². The minimum atomic E-state index is -0.507. The molecule has 0 spiro atoms. The fourth-order valence-electron chi connectivity index (χ4n) is 2.91. The van der Waals surface area contributed by atoms with E-state index in [9.17, 15) is 14.4 Å². The molecule has 148 valence electrons. The standard InChI is InChI=1S/C17H17N9O3/c1-23-15-14(16(28)24(2)17(23)29)25(10-20-15)9-13(27)19-6-11-8-26(22-21-11)12-4-3-5-18-7-12/h3-5,7-8,10H,6,9H2,1-2H3,(H,19,27). The minimum absolute atomic E-state index is 0.124. The van der Waals surface area contributed by atoms with E-state index in [-0.39, 0.29) is 30.2 Å². The molecule has 0 aliphatic heterocycles.